The maximum atomic E-state index is 13.1. The van der Waals surface area contributed by atoms with E-state index < -0.39 is 120 Å². The number of phenols is 3. The molecule has 2 saturated heterocycles. The first-order valence-electron chi connectivity index (χ1n) is 15.3. The summed E-state index contributed by atoms with van der Waals surface area (Å²) in [7, 11) is 1.33. The van der Waals surface area contributed by atoms with Gasteiger partial charge in [-0.1, -0.05) is 0 Å². The molecular formula is C32H36O19. The summed E-state index contributed by atoms with van der Waals surface area (Å²) in [5, 5.41) is 85.3. The molecule has 8 N–H and O–H groups in total. The Bertz CT molecular complexity index is 1810. The summed E-state index contributed by atoms with van der Waals surface area (Å²) in [5.41, 5.74) is -1.20. The first-order valence-corrected chi connectivity index (χ1v) is 15.3. The molecule has 1 aromatic heterocycles. The number of fused-ring (bicyclic) bond motifs is 1. The van der Waals surface area contributed by atoms with Crippen molar-refractivity contribution in [3.8, 4) is 40.1 Å². The molecule has 5 rings (SSSR count). The van der Waals surface area contributed by atoms with Crippen LogP contribution >= 0.6 is 0 Å². The van der Waals surface area contributed by atoms with E-state index in [1.165, 1.54) is 25.3 Å². The van der Waals surface area contributed by atoms with Crippen molar-refractivity contribution in [1.29, 1.82) is 0 Å². The number of benzene rings is 2. The lowest BCUT2D eigenvalue weighted by molar-refractivity contribution is -0.358. The summed E-state index contributed by atoms with van der Waals surface area (Å²) < 4.78 is 43.3. The van der Waals surface area contributed by atoms with Crippen LogP contribution in [0.4, 0.5) is 0 Å². The third-order valence-corrected chi connectivity index (χ3v) is 8.13. The predicted molar refractivity (Wildman–Crippen MR) is 166 cm³/mol. The Labute approximate surface area is 287 Å². The van der Waals surface area contributed by atoms with E-state index in [-0.39, 0.29) is 22.8 Å². The van der Waals surface area contributed by atoms with Gasteiger partial charge in [0.25, 0.3) is 0 Å². The Balaban J connectivity index is 1.51. The van der Waals surface area contributed by atoms with Crippen molar-refractivity contribution in [3.63, 3.8) is 0 Å². The zero-order chi connectivity index (χ0) is 37.3. The van der Waals surface area contributed by atoms with Crippen molar-refractivity contribution in [2.45, 2.75) is 75.3 Å². The van der Waals surface area contributed by atoms with E-state index in [1.807, 2.05) is 0 Å². The van der Waals surface area contributed by atoms with E-state index >= 15 is 0 Å². The fourth-order valence-corrected chi connectivity index (χ4v) is 5.48. The van der Waals surface area contributed by atoms with Crippen molar-refractivity contribution in [2.24, 2.45) is 0 Å². The van der Waals surface area contributed by atoms with Gasteiger partial charge in [-0.05, 0) is 18.2 Å². The second-order valence-corrected chi connectivity index (χ2v) is 11.7. The van der Waals surface area contributed by atoms with Gasteiger partial charge in [-0.15, -0.1) is 0 Å². The SMILES string of the molecule is COc1ccc(-c2cc(=O)c3c(O)cc(O[C@@H]4OC(COC(C)=O)[C@@H](O)[C@H](O)C4O[C@@H]4OC(COC(C)=O)[C@@H](O)[C@H](O)C4O)c(O)c3o2)cc1O. The van der Waals surface area contributed by atoms with Crippen LogP contribution in [0.3, 0.4) is 0 Å². The highest BCUT2D eigenvalue weighted by Gasteiger charge is 2.52. The summed E-state index contributed by atoms with van der Waals surface area (Å²) in [6.45, 7) is 0.963. The number of carbonyl (C=O) groups is 2. The monoisotopic (exact) mass is 724 g/mol. The molecule has 3 aromatic rings. The van der Waals surface area contributed by atoms with Crippen molar-refractivity contribution in [1.82, 2.24) is 0 Å². The van der Waals surface area contributed by atoms with Gasteiger partial charge in [-0.3, -0.25) is 14.4 Å². The third kappa shape index (κ3) is 7.80. The smallest absolute Gasteiger partial charge is 0.302 e. The van der Waals surface area contributed by atoms with Crippen LogP contribution in [0.2, 0.25) is 0 Å². The largest absolute Gasteiger partial charge is 0.507 e. The first kappa shape index (κ1) is 37.5. The molecule has 0 saturated carbocycles. The molecular weight excluding hydrogens is 688 g/mol. The second-order valence-electron chi connectivity index (χ2n) is 11.7. The van der Waals surface area contributed by atoms with Crippen LogP contribution in [-0.4, -0.2) is 135 Å². The standard InChI is InChI=1S/C32H36O19/c1-11(33)45-9-20-23(38)26(41)28(43)31(49-20)51-30-27(42)24(39)21(10-46-12(2)34)50-32(30)48-19-8-16(37)22-15(36)7-18(47-29(22)25(19)40)13-4-5-17(44-3)14(35)6-13/h4-8,20-21,23-24,26-28,30-32,35,37-43H,9-10H2,1-3H3/t20?,21?,23-,24-,26+,27+,28?,30?,31+,32-/m1/s1. The quantitative estimate of drug-likeness (QED) is 0.0893. The highest BCUT2D eigenvalue weighted by molar-refractivity contribution is 5.91. The highest BCUT2D eigenvalue weighted by atomic mass is 16.8. The molecule has 19 heteroatoms. The number of rotatable bonds is 10. The summed E-state index contributed by atoms with van der Waals surface area (Å²) in [6, 6.07) is 5.88. The molecule has 2 fully saturated rings. The van der Waals surface area contributed by atoms with Crippen LogP contribution < -0.4 is 14.9 Å². The number of aliphatic hydroxyl groups excluding tert-OH is 5. The fraction of sp³-hybridized carbons (Fsp3) is 0.469. The molecule has 0 spiro atoms. The summed E-state index contributed by atoms with van der Waals surface area (Å²) in [5.74, 6) is -4.07. The van der Waals surface area contributed by atoms with Gasteiger partial charge in [0.1, 0.15) is 72.8 Å². The van der Waals surface area contributed by atoms with Crippen molar-refractivity contribution in [3.05, 3.63) is 40.6 Å². The Morgan fingerprint density at radius 2 is 1.35 bits per heavy atom. The van der Waals surface area contributed by atoms with Gasteiger partial charge in [0, 0.05) is 31.5 Å². The van der Waals surface area contributed by atoms with E-state index in [1.54, 1.807) is 0 Å². The van der Waals surface area contributed by atoms with Gasteiger partial charge in [-0.2, -0.15) is 0 Å². The Hall–Kier alpha value is -4.73. The normalized spacial score (nSPS) is 29.3. The molecule has 2 aliphatic heterocycles. The van der Waals surface area contributed by atoms with Gasteiger partial charge in [-0.25, -0.2) is 0 Å². The first-order chi connectivity index (χ1) is 24.1. The number of methoxy groups -OCH3 is 1. The molecule has 0 aliphatic carbocycles. The van der Waals surface area contributed by atoms with E-state index in [9.17, 15) is 55.2 Å². The zero-order valence-electron chi connectivity index (χ0n) is 27.1. The minimum Gasteiger partial charge on any atom is -0.507 e. The molecule has 0 amide bonds. The number of aliphatic hydroxyl groups is 5. The number of phenolic OH excluding ortho intramolecular Hbond substituents is 3. The maximum Gasteiger partial charge on any atom is 0.302 e. The average Bonchev–Trinajstić information content (AvgIpc) is 3.08. The van der Waals surface area contributed by atoms with Crippen LogP contribution in [0.1, 0.15) is 13.8 Å². The lowest BCUT2D eigenvalue weighted by Crippen LogP contribution is -2.65. The highest BCUT2D eigenvalue weighted by Crippen LogP contribution is 2.43. The number of ether oxygens (including phenoxy) is 7. The molecule has 0 bridgehead atoms. The Morgan fingerprint density at radius 3 is 1.94 bits per heavy atom. The van der Waals surface area contributed by atoms with E-state index in [0.29, 0.717) is 0 Å². The minimum atomic E-state index is -1.99. The number of hydrogen-bond acceptors (Lipinski definition) is 19. The molecule has 2 aromatic carbocycles. The Kier molecular flexibility index (Phi) is 11.2. The van der Waals surface area contributed by atoms with Gasteiger partial charge >= 0.3 is 11.9 Å². The summed E-state index contributed by atoms with van der Waals surface area (Å²) in [6.07, 6.45) is -18.1. The fourth-order valence-electron chi connectivity index (χ4n) is 5.48. The lowest BCUT2D eigenvalue weighted by atomic mass is 9.97. The number of hydrogen-bond donors (Lipinski definition) is 8. The van der Waals surface area contributed by atoms with Crippen LogP contribution in [0.5, 0.6) is 28.7 Å². The number of aromatic hydroxyl groups is 3. The van der Waals surface area contributed by atoms with Gasteiger partial charge in [0.15, 0.2) is 40.7 Å². The lowest BCUT2D eigenvalue weighted by Gasteiger charge is -2.46. The van der Waals surface area contributed by atoms with Gasteiger partial charge < -0.3 is 78.4 Å². The molecule has 19 nitrogen and oxygen atoms in total. The number of carbonyl (C=O) groups excluding carboxylic acids is 2. The molecule has 3 heterocycles. The summed E-state index contributed by atoms with van der Waals surface area (Å²) in [4.78, 5) is 35.9. The zero-order valence-corrected chi connectivity index (χ0v) is 27.1. The topological polar surface area (TPSA) is 291 Å². The summed E-state index contributed by atoms with van der Waals surface area (Å²) >= 11 is 0. The third-order valence-electron chi connectivity index (χ3n) is 8.13. The van der Waals surface area contributed by atoms with E-state index in [2.05, 4.69) is 0 Å². The Morgan fingerprint density at radius 1 is 0.745 bits per heavy atom. The minimum absolute atomic E-state index is 0.124. The molecule has 0 radical (unpaired) electrons. The van der Waals surface area contributed by atoms with Crippen molar-refractivity contribution < 1.29 is 88.0 Å². The predicted octanol–water partition coefficient (Wildman–Crippen LogP) is -1.27. The molecule has 10 atom stereocenters. The maximum absolute atomic E-state index is 13.1. The van der Waals surface area contributed by atoms with E-state index in [0.717, 1.165) is 26.0 Å². The van der Waals surface area contributed by atoms with Crippen LogP contribution in [0.15, 0.2) is 39.5 Å². The molecule has 278 valence electrons. The van der Waals surface area contributed by atoms with Crippen LogP contribution in [-0.2, 0) is 33.3 Å². The van der Waals surface area contributed by atoms with Gasteiger partial charge in [0.2, 0.25) is 12.0 Å². The molecule has 51 heavy (non-hydrogen) atoms. The number of esters is 2. The van der Waals surface area contributed by atoms with Crippen LogP contribution in [0, 0.1) is 0 Å². The van der Waals surface area contributed by atoms with Crippen molar-refractivity contribution >= 4 is 22.9 Å². The molecule has 2 aliphatic rings. The second kappa shape index (κ2) is 15.3. The van der Waals surface area contributed by atoms with Crippen LogP contribution in [0.25, 0.3) is 22.3 Å². The van der Waals surface area contributed by atoms with E-state index in [4.69, 9.17) is 37.6 Å². The average molecular weight is 725 g/mol. The van der Waals surface area contributed by atoms with Crippen molar-refractivity contribution in [2.75, 3.05) is 20.3 Å². The molecule has 4 unspecified atom stereocenters. The van der Waals surface area contributed by atoms with Gasteiger partial charge in [0.05, 0.1) is 7.11 Å².